The van der Waals surface area contributed by atoms with Crippen molar-refractivity contribution in [2.45, 2.75) is 36.5 Å². The number of hydrogen-bond donors (Lipinski definition) is 1. The summed E-state index contributed by atoms with van der Waals surface area (Å²) < 4.78 is 36.8. The largest absolute Gasteiger partial charge is 0.388 e. The first-order valence-corrected chi connectivity index (χ1v) is 8.41. The summed E-state index contributed by atoms with van der Waals surface area (Å²) in [6.45, 7) is 0. The Morgan fingerprint density at radius 2 is 2.21 bits per heavy atom. The van der Waals surface area contributed by atoms with Crippen LogP contribution < -0.4 is 0 Å². The van der Waals surface area contributed by atoms with Crippen molar-refractivity contribution in [3.63, 3.8) is 0 Å². The van der Waals surface area contributed by atoms with E-state index in [1.54, 1.807) is 6.07 Å². The maximum absolute atomic E-state index is 13.4. The normalized spacial score (nSPS) is 27.7. The van der Waals surface area contributed by atoms with Gasteiger partial charge in [-0.25, -0.2) is 12.8 Å². The number of benzene rings is 1. The van der Waals surface area contributed by atoms with E-state index in [0.29, 0.717) is 24.8 Å². The quantitative estimate of drug-likeness (QED) is 0.932. The first kappa shape index (κ1) is 14.8. The van der Waals surface area contributed by atoms with Gasteiger partial charge in [-0.15, -0.1) is 0 Å². The summed E-state index contributed by atoms with van der Waals surface area (Å²) in [4.78, 5) is 0. The summed E-state index contributed by atoms with van der Waals surface area (Å²) >= 11 is 5.60. The summed E-state index contributed by atoms with van der Waals surface area (Å²) in [6, 6.07) is 4.28. The molecular weight excluding hydrogens is 291 g/mol. The molecule has 1 fully saturated rings. The minimum atomic E-state index is -3.32. The lowest BCUT2D eigenvalue weighted by molar-refractivity contribution is 0.0512. The molecule has 0 bridgehead atoms. The zero-order valence-corrected chi connectivity index (χ0v) is 12.1. The molecule has 0 amide bonds. The third-order valence-corrected chi connectivity index (χ3v) is 5.70. The first-order chi connectivity index (χ1) is 8.72. The summed E-state index contributed by atoms with van der Waals surface area (Å²) in [5.74, 6) is -0.559. The predicted molar refractivity (Wildman–Crippen MR) is 72.5 cm³/mol. The highest BCUT2D eigenvalue weighted by molar-refractivity contribution is 7.91. The molecule has 1 aliphatic rings. The number of halogens is 2. The molecule has 3 nitrogen and oxygen atoms in total. The monoisotopic (exact) mass is 306 g/mol. The lowest BCUT2D eigenvalue weighted by Crippen LogP contribution is -2.44. The van der Waals surface area contributed by atoms with Crippen LogP contribution in [0.2, 0.25) is 5.02 Å². The Bertz CT molecular complexity index is 588. The second-order valence-electron chi connectivity index (χ2n) is 5.24. The Morgan fingerprint density at radius 3 is 2.79 bits per heavy atom. The molecule has 0 spiro atoms. The molecule has 0 heterocycles. The van der Waals surface area contributed by atoms with Gasteiger partial charge in [0.2, 0.25) is 0 Å². The molecule has 6 heteroatoms. The van der Waals surface area contributed by atoms with Gasteiger partial charge in [-0.05, 0) is 37.0 Å². The predicted octanol–water partition coefficient (Wildman–Crippen LogP) is 2.35. The molecule has 0 aliphatic heterocycles. The van der Waals surface area contributed by atoms with Crippen LogP contribution in [0.3, 0.4) is 0 Å². The molecule has 0 radical (unpaired) electrons. The van der Waals surface area contributed by atoms with Crippen LogP contribution in [0.25, 0.3) is 0 Å². The van der Waals surface area contributed by atoms with Crippen molar-refractivity contribution >= 4 is 21.4 Å². The van der Waals surface area contributed by atoms with Gasteiger partial charge in [0.1, 0.15) is 5.82 Å². The van der Waals surface area contributed by atoms with E-state index in [1.165, 1.54) is 12.1 Å². The maximum Gasteiger partial charge on any atom is 0.153 e. The van der Waals surface area contributed by atoms with Gasteiger partial charge in [0.25, 0.3) is 0 Å². The van der Waals surface area contributed by atoms with E-state index in [2.05, 4.69) is 0 Å². The number of rotatable bonds is 3. The Balaban J connectivity index is 2.28. The lowest BCUT2D eigenvalue weighted by Gasteiger charge is -2.29. The lowest BCUT2D eigenvalue weighted by atomic mass is 9.92. The number of aliphatic hydroxyl groups is 1. The molecule has 2 rings (SSSR count). The summed E-state index contributed by atoms with van der Waals surface area (Å²) in [5, 5.41) is 9.80. The van der Waals surface area contributed by atoms with E-state index in [9.17, 15) is 17.9 Å². The molecule has 2 unspecified atom stereocenters. The van der Waals surface area contributed by atoms with Gasteiger partial charge < -0.3 is 5.11 Å². The van der Waals surface area contributed by atoms with Crippen LogP contribution in [0.5, 0.6) is 0 Å². The minimum absolute atomic E-state index is 0.0156. The highest BCUT2D eigenvalue weighted by Crippen LogP contribution is 2.37. The van der Waals surface area contributed by atoms with Crippen molar-refractivity contribution < 1.29 is 17.9 Å². The summed E-state index contributed by atoms with van der Waals surface area (Å²) in [6.07, 6.45) is 2.78. The standard InChI is InChI=1S/C13H16ClFO3S/c1-19(17,18)12-3-2-6-13(12,16)8-9-4-5-10(14)11(15)7-9/h4-5,7,12,16H,2-3,6,8H2,1H3. The molecule has 1 aromatic rings. The van der Waals surface area contributed by atoms with Crippen molar-refractivity contribution in [3.8, 4) is 0 Å². The van der Waals surface area contributed by atoms with E-state index in [-0.39, 0.29) is 11.4 Å². The fourth-order valence-electron chi connectivity index (χ4n) is 2.84. The molecule has 1 N–H and O–H groups in total. The smallest absolute Gasteiger partial charge is 0.153 e. The third-order valence-electron chi connectivity index (χ3n) is 3.69. The van der Waals surface area contributed by atoms with Crippen molar-refractivity contribution in [2.24, 2.45) is 0 Å². The van der Waals surface area contributed by atoms with Gasteiger partial charge >= 0.3 is 0 Å². The second-order valence-corrected chi connectivity index (χ2v) is 7.87. The SMILES string of the molecule is CS(=O)(=O)C1CCCC1(O)Cc1ccc(Cl)c(F)c1. The van der Waals surface area contributed by atoms with E-state index in [4.69, 9.17) is 11.6 Å². The number of hydrogen-bond acceptors (Lipinski definition) is 3. The molecule has 1 saturated carbocycles. The summed E-state index contributed by atoms with van der Waals surface area (Å²) in [7, 11) is -3.32. The molecule has 106 valence electrons. The van der Waals surface area contributed by atoms with Crippen molar-refractivity contribution in [1.82, 2.24) is 0 Å². The van der Waals surface area contributed by atoms with Crippen LogP contribution in [0.4, 0.5) is 4.39 Å². The Labute approximate surface area is 117 Å². The van der Waals surface area contributed by atoms with Crippen LogP contribution in [-0.4, -0.2) is 30.6 Å². The van der Waals surface area contributed by atoms with Crippen LogP contribution in [-0.2, 0) is 16.3 Å². The molecule has 0 aromatic heterocycles. The van der Waals surface area contributed by atoms with Crippen LogP contribution in [0, 0.1) is 5.82 Å². The molecule has 1 aromatic carbocycles. The van der Waals surface area contributed by atoms with Crippen molar-refractivity contribution in [3.05, 3.63) is 34.6 Å². The van der Waals surface area contributed by atoms with Crippen molar-refractivity contribution in [1.29, 1.82) is 0 Å². The Kier molecular flexibility index (Phi) is 3.91. The van der Waals surface area contributed by atoms with Crippen LogP contribution >= 0.6 is 11.6 Å². The molecule has 19 heavy (non-hydrogen) atoms. The van der Waals surface area contributed by atoms with Gasteiger partial charge in [0.05, 0.1) is 15.9 Å². The van der Waals surface area contributed by atoms with Gasteiger partial charge in [-0.2, -0.15) is 0 Å². The number of sulfone groups is 1. The van der Waals surface area contributed by atoms with E-state index < -0.39 is 26.5 Å². The Morgan fingerprint density at radius 1 is 1.53 bits per heavy atom. The molecule has 0 saturated heterocycles. The fourth-order valence-corrected chi connectivity index (χ4v) is 4.55. The van der Waals surface area contributed by atoms with E-state index in [0.717, 1.165) is 6.26 Å². The fraction of sp³-hybridized carbons (Fsp3) is 0.538. The highest BCUT2D eigenvalue weighted by Gasteiger charge is 2.46. The first-order valence-electron chi connectivity index (χ1n) is 6.07. The average Bonchev–Trinajstić information content (AvgIpc) is 2.65. The maximum atomic E-state index is 13.4. The topological polar surface area (TPSA) is 54.4 Å². The highest BCUT2D eigenvalue weighted by atomic mass is 35.5. The molecule has 2 atom stereocenters. The van der Waals surface area contributed by atoms with Gasteiger partial charge in [-0.3, -0.25) is 0 Å². The zero-order valence-electron chi connectivity index (χ0n) is 10.6. The third kappa shape index (κ3) is 3.09. The second kappa shape index (κ2) is 5.04. The van der Waals surface area contributed by atoms with Crippen LogP contribution in [0.15, 0.2) is 18.2 Å². The van der Waals surface area contributed by atoms with Gasteiger partial charge in [0.15, 0.2) is 9.84 Å². The van der Waals surface area contributed by atoms with Gasteiger partial charge in [0, 0.05) is 12.7 Å². The average molecular weight is 307 g/mol. The summed E-state index contributed by atoms with van der Waals surface area (Å²) in [5.41, 5.74) is -0.756. The molecular formula is C13H16ClFO3S. The van der Waals surface area contributed by atoms with E-state index >= 15 is 0 Å². The van der Waals surface area contributed by atoms with Gasteiger partial charge in [-0.1, -0.05) is 17.7 Å². The Hall–Kier alpha value is -0.650. The van der Waals surface area contributed by atoms with Crippen LogP contribution in [0.1, 0.15) is 24.8 Å². The molecule has 1 aliphatic carbocycles. The van der Waals surface area contributed by atoms with E-state index in [1.807, 2.05) is 0 Å². The zero-order chi connectivity index (χ0) is 14.3. The minimum Gasteiger partial charge on any atom is -0.388 e. The van der Waals surface area contributed by atoms with Crippen molar-refractivity contribution in [2.75, 3.05) is 6.26 Å².